The minimum atomic E-state index is 0.321. The highest BCUT2D eigenvalue weighted by Crippen LogP contribution is 2.22. The molecule has 1 rings (SSSR count). The maximum atomic E-state index is 11.0. The van der Waals surface area contributed by atoms with Gasteiger partial charge in [-0.15, -0.1) is 0 Å². The summed E-state index contributed by atoms with van der Waals surface area (Å²) in [4.78, 5) is 13.6. The summed E-state index contributed by atoms with van der Waals surface area (Å²) in [6.07, 6.45) is 6.07. The molecule has 1 atom stereocenters. The maximum absolute atomic E-state index is 11.0. The Morgan fingerprint density at radius 1 is 1.33 bits per heavy atom. The van der Waals surface area contributed by atoms with Gasteiger partial charge in [0.25, 0.3) is 0 Å². The first-order valence-electron chi connectivity index (χ1n) is 6.34. The first-order chi connectivity index (χ1) is 7.11. The number of rotatable bonds is 4. The lowest BCUT2D eigenvalue weighted by Crippen LogP contribution is -2.39. The second-order valence-corrected chi connectivity index (χ2v) is 5.15. The van der Waals surface area contributed by atoms with Crippen molar-refractivity contribution in [3.05, 3.63) is 0 Å². The summed E-state index contributed by atoms with van der Waals surface area (Å²) in [5, 5.41) is 0. The second-order valence-electron chi connectivity index (χ2n) is 5.15. The van der Waals surface area contributed by atoms with Crippen molar-refractivity contribution in [1.82, 2.24) is 4.90 Å². The highest BCUT2D eigenvalue weighted by atomic mass is 16.1. The van der Waals surface area contributed by atoms with Gasteiger partial charge in [0.05, 0.1) is 0 Å². The molecule has 2 nitrogen and oxygen atoms in total. The monoisotopic (exact) mass is 211 g/mol. The van der Waals surface area contributed by atoms with Crippen molar-refractivity contribution in [1.29, 1.82) is 0 Å². The van der Waals surface area contributed by atoms with E-state index in [9.17, 15) is 4.79 Å². The molecule has 1 fully saturated rings. The Morgan fingerprint density at radius 2 is 2.07 bits per heavy atom. The Balaban J connectivity index is 2.50. The fraction of sp³-hybridized carbons (Fsp3) is 0.923. The predicted molar refractivity (Wildman–Crippen MR) is 64.0 cm³/mol. The molecular weight excluding hydrogens is 186 g/mol. The third-order valence-corrected chi connectivity index (χ3v) is 3.43. The third kappa shape index (κ3) is 4.33. The number of ketones is 1. The molecule has 1 heterocycles. The Bertz CT molecular complexity index is 201. The first kappa shape index (κ1) is 12.7. The van der Waals surface area contributed by atoms with Crippen molar-refractivity contribution in [2.24, 2.45) is 5.92 Å². The molecule has 0 bridgehead atoms. The Morgan fingerprint density at radius 3 is 2.67 bits per heavy atom. The Kier molecular flexibility index (Phi) is 5.30. The van der Waals surface area contributed by atoms with Gasteiger partial charge >= 0.3 is 0 Å². The van der Waals surface area contributed by atoms with Gasteiger partial charge < -0.3 is 0 Å². The number of carbonyl (C=O) groups is 1. The average Bonchev–Trinajstić information content (AvgIpc) is 2.39. The molecule has 0 amide bonds. The van der Waals surface area contributed by atoms with Crippen LogP contribution in [0, 0.1) is 5.92 Å². The highest BCUT2D eigenvalue weighted by Gasteiger charge is 2.23. The van der Waals surface area contributed by atoms with Crippen molar-refractivity contribution < 1.29 is 4.79 Å². The van der Waals surface area contributed by atoms with Crippen LogP contribution in [0.4, 0.5) is 0 Å². The summed E-state index contributed by atoms with van der Waals surface area (Å²) in [5.41, 5.74) is 0. The van der Waals surface area contributed by atoms with Gasteiger partial charge in [-0.3, -0.25) is 9.69 Å². The topological polar surface area (TPSA) is 20.3 Å². The molecule has 0 aromatic carbocycles. The van der Waals surface area contributed by atoms with Crippen LogP contribution in [0.2, 0.25) is 0 Å². The largest absolute Gasteiger partial charge is 0.300 e. The number of nitrogens with zero attached hydrogens (tertiary/aromatic N) is 1. The highest BCUT2D eigenvalue weighted by molar-refractivity contribution is 5.75. The van der Waals surface area contributed by atoms with Crippen molar-refractivity contribution in [2.75, 3.05) is 13.1 Å². The van der Waals surface area contributed by atoms with E-state index >= 15 is 0 Å². The molecule has 88 valence electrons. The third-order valence-electron chi connectivity index (χ3n) is 3.43. The molecule has 0 radical (unpaired) electrons. The zero-order valence-electron chi connectivity index (χ0n) is 10.5. The van der Waals surface area contributed by atoms with Crippen LogP contribution in [0.15, 0.2) is 0 Å². The summed E-state index contributed by atoms with van der Waals surface area (Å²) in [6.45, 7) is 8.46. The number of hydrogen-bond donors (Lipinski definition) is 0. The SMILES string of the molecule is CC(=O)CCN1CCCCCC1C(C)C. The summed E-state index contributed by atoms with van der Waals surface area (Å²) in [5.74, 6) is 1.04. The van der Waals surface area contributed by atoms with E-state index in [4.69, 9.17) is 0 Å². The Labute approximate surface area is 94.0 Å². The van der Waals surface area contributed by atoms with Crippen LogP contribution >= 0.6 is 0 Å². The van der Waals surface area contributed by atoms with E-state index in [0.717, 1.165) is 18.9 Å². The number of carbonyl (C=O) groups excluding carboxylic acids is 1. The summed E-state index contributed by atoms with van der Waals surface area (Å²) >= 11 is 0. The molecule has 0 N–H and O–H groups in total. The van der Waals surface area contributed by atoms with Gasteiger partial charge in [0.1, 0.15) is 5.78 Å². The van der Waals surface area contributed by atoms with Crippen LogP contribution in [0.5, 0.6) is 0 Å². The Hall–Kier alpha value is -0.370. The normalized spacial score (nSPS) is 24.1. The molecule has 1 unspecified atom stereocenters. The smallest absolute Gasteiger partial charge is 0.131 e. The molecule has 1 aliphatic rings. The molecule has 1 aliphatic heterocycles. The van der Waals surface area contributed by atoms with E-state index in [1.165, 1.54) is 32.2 Å². The predicted octanol–water partition coefficient (Wildman–Crippen LogP) is 2.87. The standard InChI is InChI=1S/C13H25NO/c1-11(2)13-7-5-4-6-9-14(13)10-8-12(3)15/h11,13H,4-10H2,1-3H3. The van der Waals surface area contributed by atoms with Crippen LogP contribution < -0.4 is 0 Å². The van der Waals surface area contributed by atoms with E-state index in [1.54, 1.807) is 6.92 Å². The lowest BCUT2D eigenvalue weighted by molar-refractivity contribution is -0.117. The summed E-state index contributed by atoms with van der Waals surface area (Å²) in [6, 6.07) is 0.701. The molecular formula is C13H25NO. The van der Waals surface area contributed by atoms with Gasteiger partial charge in [0.2, 0.25) is 0 Å². The zero-order chi connectivity index (χ0) is 11.3. The van der Waals surface area contributed by atoms with Gasteiger partial charge in [-0.05, 0) is 32.2 Å². The van der Waals surface area contributed by atoms with Crippen LogP contribution in [0.1, 0.15) is 52.9 Å². The first-order valence-corrected chi connectivity index (χ1v) is 6.34. The van der Waals surface area contributed by atoms with Gasteiger partial charge in [0.15, 0.2) is 0 Å². The van der Waals surface area contributed by atoms with E-state index < -0.39 is 0 Å². The van der Waals surface area contributed by atoms with Gasteiger partial charge in [-0.1, -0.05) is 26.7 Å². The van der Waals surface area contributed by atoms with Gasteiger partial charge in [-0.2, -0.15) is 0 Å². The second kappa shape index (κ2) is 6.26. The van der Waals surface area contributed by atoms with Crippen molar-refractivity contribution in [3.8, 4) is 0 Å². The van der Waals surface area contributed by atoms with Crippen LogP contribution in [0.3, 0.4) is 0 Å². The fourth-order valence-electron chi connectivity index (χ4n) is 2.53. The van der Waals surface area contributed by atoms with Crippen LogP contribution in [0.25, 0.3) is 0 Å². The van der Waals surface area contributed by atoms with Crippen LogP contribution in [-0.2, 0) is 4.79 Å². The van der Waals surface area contributed by atoms with E-state index in [0.29, 0.717) is 11.8 Å². The summed E-state index contributed by atoms with van der Waals surface area (Å²) in [7, 11) is 0. The molecule has 0 aromatic rings. The average molecular weight is 211 g/mol. The fourth-order valence-corrected chi connectivity index (χ4v) is 2.53. The van der Waals surface area contributed by atoms with Crippen molar-refractivity contribution in [3.63, 3.8) is 0 Å². The number of likely N-dealkylation sites (tertiary alicyclic amines) is 1. The van der Waals surface area contributed by atoms with E-state index in [-0.39, 0.29) is 0 Å². The van der Waals surface area contributed by atoms with Crippen molar-refractivity contribution >= 4 is 5.78 Å². The van der Waals surface area contributed by atoms with Gasteiger partial charge in [-0.25, -0.2) is 0 Å². The molecule has 15 heavy (non-hydrogen) atoms. The zero-order valence-corrected chi connectivity index (χ0v) is 10.5. The summed E-state index contributed by atoms with van der Waals surface area (Å²) < 4.78 is 0. The molecule has 0 spiro atoms. The lowest BCUT2D eigenvalue weighted by Gasteiger charge is -2.32. The molecule has 0 saturated carbocycles. The minimum absolute atomic E-state index is 0.321. The van der Waals surface area contributed by atoms with E-state index in [1.807, 2.05) is 0 Å². The van der Waals surface area contributed by atoms with Crippen molar-refractivity contribution in [2.45, 2.75) is 58.9 Å². The lowest BCUT2D eigenvalue weighted by atomic mass is 9.98. The molecule has 0 aromatic heterocycles. The molecule has 0 aliphatic carbocycles. The van der Waals surface area contributed by atoms with E-state index in [2.05, 4.69) is 18.7 Å². The number of hydrogen-bond acceptors (Lipinski definition) is 2. The number of Topliss-reactive ketones (excluding diaryl/α,β-unsaturated/α-hetero) is 1. The maximum Gasteiger partial charge on any atom is 0.131 e. The quantitative estimate of drug-likeness (QED) is 0.712. The van der Waals surface area contributed by atoms with Crippen LogP contribution in [-0.4, -0.2) is 29.8 Å². The van der Waals surface area contributed by atoms with Gasteiger partial charge in [0, 0.05) is 19.0 Å². The molecule has 1 saturated heterocycles. The molecule has 2 heteroatoms. The minimum Gasteiger partial charge on any atom is -0.300 e.